The Balaban J connectivity index is 1.46. The first kappa shape index (κ1) is 21.8. The van der Waals surface area contributed by atoms with Crippen LogP contribution >= 0.6 is 0 Å². The number of benzene rings is 2. The van der Waals surface area contributed by atoms with Crippen LogP contribution in [0.1, 0.15) is 36.5 Å². The number of amides is 1. The van der Waals surface area contributed by atoms with Crippen LogP contribution in [0.15, 0.2) is 53.4 Å². The average molecular weight is 446 g/mol. The molecule has 1 atom stereocenters. The lowest BCUT2D eigenvalue weighted by atomic mass is 10.1. The van der Waals surface area contributed by atoms with Gasteiger partial charge < -0.3 is 9.80 Å². The summed E-state index contributed by atoms with van der Waals surface area (Å²) in [6.45, 7) is 4.79. The second-order valence-electron chi connectivity index (χ2n) is 8.24. The second kappa shape index (κ2) is 8.96. The number of carbonyl (C=O) groups excluding carboxylic acids is 1. The molecule has 2 heterocycles. The molecule has 0 saturated carbocycles. The minimum Gasteiger partial charge on any atom is -0.368 e. The maximum Gasteiger partial charge on any atom is 0.254 e. The van der Waals surface area contributed by atoms with E-state index >= 15 is 0 Å². The number of piperazine rings is 1. The van der Waals surface area contributed by atoms with E-state index in [9.17, 15) is 17.6 Å². The fourth-order valence-corrected chi connectivity index (χ4v) is 6.10. The van der Waals surface area contributed by atoms with Crippen molar-refractivity contribution in [1.82, 2.24) is 9.21 Å². The highest BCUT2D eigenvalue weighted by Crippen LogP contribution is 2.26. The summed E-state index contributed by atoms with van der Waals surface area (Å²) in [5.41, 5.74) is 1.32. The summed E-state index contributed by atoms with van der Waals surface area (Å²) in [6.07, 6.45) is 2.76. The molecule has 0 aromatic heterocycles. The number of carbonyl (C=O) groups is 1. The van der Waals surface area contributed by atoms with Gasteiger partial charge in [-0.05, 0) is 62.2 Å². The summed E-state index contributed by atoms with van der Waals surface area (Å²) in [5.74, 6) is -0.436. The molecule has 8 heteroatoms. The Bertz CT molecular complexity index is 1030. The number of rotatable bonds is 4. The molecule has 0 bridgehead atoms. The number of hydrogen-bond donors (Lipinski definition) is 0. The molecule has 2 aliphatic heterocycles. The van der Waals surface area contributed by atoms with Gasteiger partial charge in [-0.3, -0.25) is 4.79 Å². The number of piperidine rings is 1. The first-order valence-corrected chi connectivity index (χ1v) is 12.2. The van der Waals surface area contributed by atoms with E-state index in [1.165, 1.54) is 18.2 Å². The van der Waals surface area contributed by atoms with Crippen LogP contribution in [-0.4, -0.2) is 62.3 Å². The Morgan fingerprint density at radius 1 is 0.968 bits per heavy atom. The van der Waals surface area contributed by atoms with Crippen molar-refractivity contribution in [2.75, 3.05) is 37.6 Å². The third-order valence-electron chi connectivity index (χ3n) is 6.19. The van der Waals surface area contributed by atoms with Gasteiger partial charge in [0.15, 0.2) is 0 Å². The van der Waals surface area contributed by atoms with E-state index in [1.54, 1.807) is 39.5 Å². The molecule has 0 aliphatic carbocycles. The van der Waals surface area contributed by atoms with Crippen LogP contribution in [0.4, 0.5) is 10.1 Å². The molecule has 6 nitrogen and oxygen atoms in total. The number of anilines is 1. The van der Waals surface area contributed by atoms with Gasteiger partial charge in [-0.15, -0.1) is 0 Å². The Hall–Kier alpha value is -2.45. The SMILES string of the molecule is CC1CCCCN1S(=O)(=O)c1cccc(C(=O)N2CCN(c3ccc(F)cc3)CC2)c1. The van der Waals surface area contributed by atoms with Crippen LogP contribution in [0.5, 0.6) is 0 Å². The molecule has 0 spiro atoms. The Morgan fingerprint density at radius 3 is 2.35 bits per heavy atom. The fourth-order valence-electron chi connectivity index (χ4n) is 4.36. The highest BCUT2D eigenvalue weighted by molar-refractivity contribution is 7.89. The zero-order valence-corrected chi connectivity index (χ0v) is 18.5. The average Bonchev–Trinajstić information content (AvgIpc) is 2.79. The van der Waals surface area contributed by atoms with E-state index in [2.05, 4.69) is 4.90 Å². The number of nitrogens with zero attached hydrogens (tertiary/aromatic N) is 3. The van der Waals surface area contributed by atoms with Crippen LogP contribution in [0.25, 0.3) is 0 Å². The van der Waals surface area contributed by atoms with Crippen molar-refractivity contribution >= 4 is 21.6 Å². The lowest BCUT2D eigenvalue weighted by Crippen LogP contribution is -2.48. The van der Waals surface area contributed by atoms with Gasteiger partial charge in [0.2, 0.25) is 10.0 Å². The topological polar surface area (TPSA) is 60.9 Å². The smallest absolute Gasteiger partial charge is 0.254 e. The van der Waals surface area contributed by atoms with Gasteiger partial charge in [0, 0.05) is 50.0 Å². The minimum atomic E-state index is -3.62. The van der Waals surface area contributed by atoms with Gasteiger partial charge in [0.1, 0.15) is 5.82 Å². The van der Waals surface area contributed by atoms with Crippen molar-refractivity contribution in [3.8, 4) is 0 Å². The zero-order valence-electron chi connectivity index (χ0n) is 17.7. The quantitative estimate of drug-likeness (QED) is 0.724. The summed E-state index contributed by atoms with van der Waals surface area (Å²) in [4.78, 5) is 17.1. The Kier molecular flexibility index (Phi) is 6.29. The van der Waals surface area contributed by atoms with Gasteiger partial charge in [0.05, 0.1) is 4.90 Å². The molecule has 2 aliphatic rings. The van der Waals surface area contributed by atoms with Gasteiger partial charge in [-0.2, -0.15) is 4.31 Å². The van der Waals surface area contributed by atoms with Crippen LogP contribution in [0.3, 0.4) is 0 Å². The normalized spacial score (nSPS) is 20.6. The van der Waals surface area contributed by atoms with Crippen LogP contribution in [0, 0.1) is 5.82 Å². The molecular weight excluding hydrogens is 417 g/mol. The number of hydrogen-bond acceptors (Lipinski definition) is 4. The molecule has 0 N–H and O–H groups in total. The highest BCUT2D eigenvalue weighted by Gasteiger charge is 2.31. The van der Waals surface area contributed by atoms with Crippen molar-refractivity contribution in [3.63, 3.8) is 0 Å². The third-order valence-corrected chi connectivity index (χ3v) is 8.20. The van der Waals surface area contributed by atoms with Gasteiger partial charge in [-0.1, -0.05) is 12.5 Å². The summed E-state index contributed by atoms with van der Waals surface area (Å²) in [7, 11) is -3.62. The minimum absolute atomic E-state index is 0.0300. The van der Waals surface area contributed by atoms with Gasteiger partial charge in [-0.25, -0.2) is 12.8 Å². The molecule has 31 heavy (non-hydrogen) atoms. The van der Waals surface area contributed by atoms with Gasteiger partial charge in [0.25, 0.3) is 5.91 Å². The maximum atomic E-state index is 13.1. The standard InChI is InChI=1S/C23H28FN3O3S/c1-18-5-2-3-12-27(18)31(29,30)22-7-4-6-19(17-22)23(28)26-15-13-25(14-16-26)21-10-8-20(24)9-11-21/h4,6-11,17-18H,2-3,5,12-16H2,1H3. The lowest BCUT2D eigenvalue weighted by molar-refractivity contribution is 0.0746. The van der Waals surface area contributed by atoms with E-state index in [4.69, 9.17) is 0 Å². The first-order valence-electron chi connectivity index (χ1n) is 10.8. The Labute approximate surface area is 183 Å². The van der Waals surface area contributed by atoms with Crippen molar-refractivity contribution < 1.29 is 17.6 Å². The van der Waals surface area contributed by atoms with E-state index in [0.717, 1.165) is 24.9 Å². The first-order chi connectivity index (χ1) is 14.9. The molecule has 2 aromatic rings. The number of sulfonamides is 1. The van der Waals surface area contributed by atoms with Crippen LogP contribution in [0.2, 0.25) is 0 Å². The van der Waals surface area contributed by atoms with Crippen molar-refractivity contribution in [1.29, 1.82) is 0 Å². The molecule has 1 amide bonds. The van der Waals surface area contributed by atoms with Crippen LogP contribution < -0.4 is 4.90 Å². The molecule has 2 fully saturated rings. The largest absolute Gasteiger partial charge is 0.368 e. The van der Waals surface area contributed by atoms with E-state index in [0.29, 0.717) is 38.3 Å². The third kappa shape index (κ3) is 4.60. The molecular formula is C23H28FN3O3S. The molecule has 4 rings (SSSR count). The number of halogens is 1. The Morgan fingerprint density at radius 2 is 1.68 bits per heavy atom. The van der Waals surface area contributed by atoms with Crippen molar-refractivity contribution in [3.05, 3.63) is 59.9 Å². The zero-order chi connectivity index (χ0) is 22.0. The molecule has 1 unspecified atom stereocenters. The molecule has 0 radical (unpaired) electrons. The molecule has 2 saturated heterocycles. The highest BCUT2D eigenvalue weighted by atomic mass is 32.2. The van der Waals surface area contributed by atoms with Crippen molar-refractivity contribution in [2.45, 2.75) is 37.1 Å². The van der Waals surface area contributed by atoms with Crippen molar-refractivity contribution in [2.24, 2.45) is 0 Å². The molecule has 166 valence electrons. The summed E-state index contributed by atoms with van der Waals surface area (Å²) < 4.78 is 41.0. The second-order valence-corrected chi connectivity index (χ2v) is 10.1. The summed E-state index contributed by atoms with van der Waals surface area (Å²) in [6, 6.07) is 12.7. The summed E-state index contributed by atoms with van der Waals surface area (Å²) >= 11 is 0. The predicted octanol–water partition coefficient (Wildman–Crippen LogP) is 3.35. The summed E-state index contributed by atoms with van der Waals surface area (Å²) in [5, 5.41) is 0. The lowest BCUT2D eigenvalue weighted by Gasteiger charge is -2.36. The maximum absolute atomic E-state index is 13.1. The fraction of sp³-hybridized carbons (Fsp3) is 0.435. The molecule has 2 aromatic carbocycles. The monoisotopic (exact) mass is 445 g/mol. The van der Waals surface area contributed by atoms with Gasteiger partial charge >= 0.3 is 0 Å². The van der Waals surface area contributed by atoms with E-state index in [-0.39, 0.29) is 22.7 Å². The van der Waals surface area contributed by atoms with Crippen LogP contribution in [-0.2, 0) is 10.0 Å². The van der Waals surface area contributed by atoms with E-state index in [1.807, 2.05) is 6.92 Å². The van der Waals surface area contributed by atoms with E-state index < -0.39 is 10.0 Å². The predicted molar refractivity (Wildman–Crippen MR) is 118 cm³/mol.